The second-order valence-corrected chi connectivity index (χ2v) is 7.15. The molecule has 1 atom stereocenters. The van der Waals surface area contributed by atoms with Crippen molar-refractivity contribution >= 4 is 22.6 Å². The van der Waals surface area contributed by atoms with Gasteiger partial charge in [0.1, 0.15) is 0 Å². The lowest BCUT2D eigenvalue weighted by Crippen LogP contribution is -2.62. The fourth-order valence-corrected chi connectivity index (χ4v) is 3.33. The van der Waals surface area contributed by atoms with Crippen molar-refractivity contribution in [3.8, 4) is 0 Å². The monoisotopic (exact) mass is 388 g/mol. The van der Waals surface area contributed by atoms with Gasteiger partial charge in [-0.1, -0.05) is 19.8 Å². The fraction of sp³-hybridized carbons (Fsp3) is 0.625. The molecule has 3 fully saturated rings. The lowest BCUT2D eigenvalue weighted by atomic mass is 9.83. The van der Waals surface area contributed by atoms with Crippen LogP contribution in [0.1, 0.15) is 38.7 Å². The van der Waals surface area contributed by atoms with Crippen LogP contribution in [0.5, 0.6) is 0 Å². The molecule has 3 aliphatic heterocycles. The second-order valence-electron chi connectivity index (χ2n) is 5.90. The highest BCUT2D eigenvalue weighted by Crippen LogP contribution is 2.48. The summed E-state index contributed by atoms with van der Waals surface area (Å²) in [5.41, 5.74) is 0.814. The number of ether oxygens (including phenoxy) is 3. The highest BCUT2D eigenvalue weighted by atomic mass is 127. The van der Waals surface area contributed by atoms with Crippen molar-refractivity contribution in [1.82, 2.24) is 0 Å². The van der Waals surface area contributed by atoms with Gasteiger partial charge >= 0.3 is 5.97 Å². The maximum absolute atomic E-state index is 6.34. The van der Waals surface area contributed by atoms with Gasteiger partial charge in [0.05, 0.1) is 18.8 Å². The molecule has 0 aliphatic carbocycles. The zero-order chi connectivity index (χ0) is 14.2. The molecule has 0 aromatic heterocycles. The Labute approximate surface area is 134 Å². The van der Waals surface area contributed by atoms with E-state index in [9.17, 15) is 0 Å². The molecule has 0 saturated carbocycles. The van der Waals surface area contributed by atoms with Crippen LogP contribution in [0.25, 0.3) is 0 Å². The Bertz CT molecular complexity index is 465. The van der Waals surface area contributed by atoms with Crippen LogP contribution in [-0.4, -0.2) is 18.8 Å². The van der Waals surface area contributed by atoms with Crippen molar-refractivity contribution in [2.75, 3.05) is 13.2 Å². The summed E-state index contributed by atoms with van der Waals surface area (Å²) in [6.45, 7) is 5.85. The normalized spacial score (nSPS) is 36.2. The third-order valence-electron chi connectivity index (χ3n) is 4.40. The number of benzene rings is 1. The molecular weight excluding hydrogens is 367 g/mol. The first-order chi connectivity index (χ1) is 9.58. The van der Waals surface area contributed by atoms with Crippen LogP contribution >= 0.6 is 22.6 Å². The molecular formula is C16H21IO3. The summed E-state index contributed by atoms with van der Waals surface area (Å²) < 4.78 is 19.4. The molecule has 3 heterocycles. The first kappa shape index (κ1) is 14.8. The van der Waals surface area contributed by atoms with Crippen molar-refractivity contribution in [2.24, 2.45) is 5.92 Å². The number of hydrogen-bond donors (Lipinski definition) is 0. The van der Waals surface area contributed by atoms with E-state index in [2.05, 4.69) is 48.6 Å². The molecule has 1 unspecified atom stereocenters. The summed E-state index contributed by atoms with van der Waals surface area (Å²) in [5, 5.41) is 0. The van der Waals surface area contributed by atoms with Crippen LogP contribution < -0.4 is 0 Å². The quantitative estimate of drug-likeness (QED) is 0.729. The molecule has 110 valence electrons. The number of hydrogen-bond acceptors (Lipinski definition) is 3. The second kappa shape index (κ2) is 5.55. The van der Waals surface area contributed by atoms with Gasteiger partial charge in [0.15, 0.2) is 0 Å². The summed E-state index contributed by atoms with van der Waals surface area (Å²) in [5.74, 6) is -0.665. The van der Waals surface area contributed by atoms with Crippen LogP contribution in [0.4, 0.5) is 0 Å². The van der Waals surface area contributed by atoms with Gasteiger partial charge in [-0.25, -0.2) is 0 Å². The zero-order valence-corrected chi connectivity index (χ0v) is 14.2. The highest BCUT2D eigenvalue weighted by molar-refractivity contribution is 14.1. The molecule has 1 aromatic rings. The summed E-state index contributed by atoms with van der Waals surface area (Å²) in [6, 6.07) is 8.19. The van der Waals surface area contributed by atoms with Crippen LogP contribution in [0.2, 0.25) is 0 Å². The molecule has 20 heavy (non-hydrogen) atoms. The van der Waals surface area contributed by atoms with Crippen molar-refractivity contribution in [3.05, 3.63) is 33.4 Å². The van der Waals surface area contributed by atoms with Crippen molar-refractivity contribution in [1.29, 1.82) is 0 Å². The minimum atomic E-state index is -0.998. The van der Waals surface area contributed by atoms with Crippen molar-refractivity contribution in [2.45, 2.75) is 44.7 Å². The first-order valence-electron chi connectivity index (χ1n) is 7.32. The molecule has 3 aliphatic rings. The van der Waals surface area contributed by atoms with Crippen LogP contribution in [-0.2, 0) is 20.2 Å². The zero-order valence-electron chi connectivity index (χ0n) is 12.0. The minimum absolute atomic E-state index is 0.143. The van der Waals surface area contributed by atoms with Gasteiger partial charge in [0.2, 0.25) is 0 Å². The lowest BCUT2D eigenvalue weighted by Gasteiger charge is -2.55. The topological polar surface area (TPSA) is 27.7 Å². The molecule has 2 bridgehead atoms. The molecule has 1 aromatic carbocycles. The Morgan fingerprint density at radius 2 is 1.85 bits per heavy atom. The third-order valence-corrected chi connectivity index (χ3v) is 5.12. The minimum Gasteiger partial charge on any atom is -0.323 e. The number of halogens is 1. The average Bonchev–Trinajstić information content (AvgIpc) is 2.47. The number of fused-ring (bicyclic) bond motifs is 3. The molecule has 0 N–H and O–H groups in total. The summed E-state index contributed by atoms with van der Waals surface area (Å²) in [7, 11) is 0. The van der Waals surface area contributed by atoms with E-state index >= 15 is 0 Å². The largest absolute Gasteiger partial charge is 0.323 e. The Balaban J connectivity index is 1.87. The average molecular weight is 388 g/mol. The highest BCUT2D eigenvalue weighted by Gasteiger charge is 2.56. The van der Waals surface area contributed by atoms with Gasteiger partial charge < -0.3 is 14.2 Å². The van der Waals surface area contributed by atoms with E-state index in [0.717, 1.165) is 12.0 Å². The third kappa shape index (κ3) is 2.51. The first-order valence-corrected chi connectivity index (χ1v) is 8.40. The van der Waals surface area contributed by atoms with Crippen LogP contribution in [0, 0.1) is 9.49 Å². The molecule has 4 heteroatoms. The van der Waals surface area contributed by atoms with Gasteiger partial charge in [0.25, 0.3) is 0 Å². The van der Waals surface area contributed by atoms with Gasteiger partial charge in [-0.15, -0.1) is 0 Å². The standard InChI is InChI=1S/C16H21IO3/c1-3-4-9-15(2)13-10-18-16(20-15,19-11-13)12-5-7-14(17)8-6-12/h5-8,13H,3-4,9-11H2,1-2H3. The predicted molar refractivity (Wildman–Crippen MR) is 85.2 cm³/mol. The van der Waals surface area contributed by atoms with E-state index in [-0.39, 0.29) is 5.60 Å². The fourth-order valence-electron chi connectivity index (χ4n) is 2.97. The van der Waals surface area contributed by atoms with Crippen LogP contribution in [0.3, 0.4) is 0 Å². The molecule has 3 saturated heterocycles. The lowest BCUT2D eigenvalue weighted by molar-refractivity contribution is -0.501. The molecule has 0 radical (unpaired) electrons. The predicted octanol–water partition coefficient (Wildman–Crippen LogP) is 4.04. The Hall–Kier alpha value is -0.170. The van der Waals surface area contributed by atoms with Crippen molar-refractivity contribution < 1.29 is 14.2 Å². The molecule has 0 spiro atoms. The van der Waals surface area contributed by atoms with E-state index in [1.165, 1.54) is 16.4 Å². The van der Waals surface area contributed by atoms with E-state index in [4.69, 9.17) is 14.2 Å². The van der Waals surface area contributed by atoms with E-state index in [1.807, 2.05) is 12.1 Å². The van der Waals surface area contributed by atoms with E-state index in [0.29, 0.717) is 19.1 Å². The van der Waals surface area contributed by atoms with E-state index < -0.39 is 5.97 Å². The summed E-state index contributed by atoms with van der Waals surface area (Å²) in [6.07, 6.45) is 3.42. The smallest absolute Gasteiger partial charge is 0.312 e. The van der Waals surface area contributed by atoms with Crippen molar-refractivity contribution in [3.63, 3.8) is 0 Å². The number of unbranched alkanes of at least 4 members (excludes halogenated alkanes) is 1. The van der Waals surface area contributed by atoms with E-state index in [1.54, 1.807) is 0 Å². The van der Waals surface area contributed by atoms with Gasteiger partial charge in [0, 0.05) is 15.1 Å². The maximum Gasteiger partial charge on any atom is 0.312 e. The Morgan fingerprint density at radius 3 is 2.45 bits per heavy atom. The Kier molecular flexibility index (Phi) is 4.10. The molecule has 0 amide bonds. The van der Waals surface area contributed by atoms with Crippen LogP contribution in [0.15, 0.2) is 24.3 Å². The van der Waals surface area contributed by atoms with Gasteiger partial charge in [-0.2, -0.15) is 0 Å². The summed E-state index contributed by atoms with van der Waals surface area (Å²) >= 11 is 2.30. The maximum atomic E-state index is 6.34. The Morgan fingerprint density at radius 1 is 1.20 bits per heavy atom. The number of rotatable bonds is 4. The SMILES string of the molecule is CCCCC1(C)OC2(c3ccc(I)cc3)OCC1CO2. The molecule has 3 nitrogen and oxygen atoms in total. The molecule has 4 rings (SSSR count). The summed E-state index contributed by atoms with van der Waals surface area (Å²) in [4.78, 5) is 0. The van der Waals surface area contributed by atoms with Gasteiger partial charge in [-0.3, -0.25) is 0 Å². The van der Waals surface area contributed by atoms with Gasteiger partial charge in [-0.05, 0) is 60.2 Å².